The lowest BCUT2D eigenvalue weighted by molar-refractivity contribution is 0.122. The molecule has 0 aliphatic carbocycles. The van der Waals surface area contributed by atoms with Gasteiger partial charge in [0.25, 0.3) is 0 Å². The maximum atomic E-state index is 6.54. The van der Waals surface area contributed by atoms with Crippen molar-refractivity contribution in [3.8, 4) is 0 Å². The zero-order chi connectivity index (χ0) is 20.5. The molecule has 0 radical (unpaired) electrons. The number of benzene rings is 1. The van der Waals surface area contributed by atoms with E-state index in [0.717, 1.165) is 78.1 Å². The maximum Gasteiger partial charge on any atom is 0.155 e. The number of nitrogens with one attached hydrogen (secondary N) is 1. The van der Waals surface area contributed by atoms with Gasteiger partial charge in [-0.05, 0) is 42.8 Å². The summed E-state index contributed by atoms with van der Waals surface area (Å²) in [5, 5.41) is 4.20. The number of rotatable bonds is 4. The van der Waals surface area contributed by atoms with E-state index in [-0.39, 0.29) is 0 Å². The third-order valence-corrected chi connectivity index (χ3v) is 5.66. The van der Waals surface area contributed by atoms with Crippen LogP contribution in [0.2, 0.25) is 5.02 Å². The number of halogens is 1. The number of ether oxygens (including phenoxy) is 1. The molecule has 30 heavy (non-hydrogen) atoms. The molecule has 1 N–H and O–H groups in total. The topological polar surface area (TPSA) is 62.6 Å². The van der Waals surface area contributed by atoms with E-state index in [2.05, 4.69) is 32.3 Å². The Morgan fingerprint density at radius 3 is 2.83 bits per heavy atom. The van der Waals surface area contributed by atoms with E-state index in [9.17, 15) is 0 Å². The van der Waals surface area contributed by atoms with E-state index < -0.39 is 0 Å². The highest BCUT2D eigenvalue weighted by Crippen LogP contribution is 2.33. The smallest absolute Gasteiger partial charge is 0.155 e. The van der Waals surface area contributed by atoms with Crippen LogP contribution in [-0.2, 0) is 11.2 Å². The first kappa shape index (κ1) is 19.0. The number of anilines is 3. The Labute approximate surface area is 180 Å². The Kier molecular flexibility index (Phi) is 5.11. The largest absolute Gasteiger partial charge is 0.378 e. The molecule has 1 saturated heterocycles. The van der Waals surface area contributed by atoms with Gasteiger partial charge in [0.1, 0.15) is 0 Å². The molecule has 1 aromatic carbocycles. The van der Waals surface area contributed by atoms with Gasteiger partial charge in [-0.2, -0.15) is 0 Å². The van der Waals surface area contributed by atoms with Crippen LogP contribution < -0.4 is 10.2 Å². The zero-order valence-electron chi connectivity index (χ0n) is 16.7. The summed E-state index contributed by atoms with van der Waals surface area (Å²) in [7, 11) is 0. The normalized spacial score (nSPS) is 15.7. The van der Waals surface area contributed by atoms with Crippen LogP contribution in [0.3, 0.4) is 0 Å². The molecule has 7 heteroatoms. The van der Waals surface area contributed by atoms with E-state index in [0.29, 0.717) is 5.02 Å². The number of aryl methyl sites for hydroxylation is 1. The summed E-state index contributed by atoms with van der Waals surface area (Å²) in [4.78, 5) is 16.0. The zero-order valence-corrected chi connectivity index (χ0v) is 17.5. The molecule has 2 aliphatic heterocycles. The van der Waals surface area contributed by atoms with Crippen molar-refractivity contribution in [1.82, 2.24) is 9.97 Å². The Balaban J connectivity index is 1.43. The molecular weight excluding hydrogens is 398 g/mol. The van der Waals surface area contributed by atoms with Gasteiger partial charge in [0.2, 0.25) is 0 Å². The fourth-order valence-electron chi connectivity index (χ4n) is 3.86. The number of hydrogen-bond acceptors (Lipinski definition) is 6. The minimum absolute atomic E-state index is 0.684. The minimum atomic E-state index is 0.684. The highest BCUT2D eigenvalue weighted by Gasteiger charge is 2.20. The molecule has 3 aromatic rings. The molecule has 0 atom stereocenters. The highest BCUT2D eigenvalue weighted by atomic mass is 35.5. The van der Waals surface area contributed by atoms with Crippen molar-refractivity contribution >= 4 is 40.3 Å². The van der Waals surface area contributed by atoms with Crippen molar-refractivity contribution in [2.45, 2.75) is 13.3 Å². The van der Waals surface area contributed by atoms with Gasteiger partial charge in [0, 0.05) is 53.7 Å². The van der Waals surface area contributed by atoms with Crippen molar-refractivity contribution < 1.29 is 4.74 Å². The second-order valence-electron chi connectivity index (χ2n) is 7.52. The molecule has 0 bridgehead atoms. The average Bonchev–Trinajstić information content (AvgIpc) is 3.19. The quantitative estimate of drug-likeness (QED) is 0.664. The predicted molar refractivity (Wildman–Crippen MR) is 121 cm³/mol. The first-order valence-corrected chi connectivity index (χ1v) is 10.4. The molecule has 5 rings (SSSR count). The molecule has 6 nitrogen and oxygen atoms in total. The van der Waals surface area contributed by atoms with Crippen molar-refractivity contribution in [2.24, 2.45) is 4.99 Å². The lowest BCUT2D eigenvalue weighted by Gasteiger charge is -2.29. The number of hydrogen-bond donors (Lipinski definition) is 1. The van der Waals surface area contributed by atoms with Crippen LogP contribution >= 0.6 is 11.6 Å². The average molecular weight is 420 g/mol. The Morgan fingerprint density at radius 2 is 1.97 bits per heavy atom. The third-order valence-electron chi connectivity index (χ3n) is 5.33. The van der Waals surface area contributed by atoms with E-state index >= 15 is 0 Å². The van der Waals surface area contributed by atoms with E-state index in [4.69, 9.17) is 21.3 Å². The first-order chi connectivity index (χ1) is 14.7. The summed E-state index contributed by atoms with van der Waals surface area (Å²) in [5.74, 6) is 1.72. The summed E-state index contributed by atoms with van der Waals surface area (Å²) < 4.78 is 5.48. The molecule has 4 heterocycles. The molecule has 1 fully saturated rings. The Morgan fingerprint density at radius 1 is 1.10 bits per heavy atom. The van der Waals surface area contributed by atoms with Gasteiger partial charge in [-0.25, -0.2) is 15.0 Å². The molecule has 2 aromatic heterocycles. The van der Waals surface area contributed by atoms with Crippen LogP contribution in [0.15, 0.2) is 53.8 Å². The van der Waals surface area contributed by atoms with Gasteiger partial charge in [-0.15, -0.1) is 0 Å². The van der Waals surface area contributed by atoms with Crippen molar-refractivity contribution in [2.75, 3.05) is 36.5 Å². The number of aromatic nitrogens is 2. The van der Waals surface area contributed by atoms with E-state index in [1.54, 1.807) is 0 Å². The van der Waals surface area contributed by atoms with Gasteiger partial charge >= 0.3 is 0 Å². The van der Waals surface area contributed by atoms with Crippen LogP contribution in [0.25, 0.3) is 0 Å². The number of fused-ring (bicyclic) bond motifs is 1. The molecular formula is C23H22ClN5O. The van der Waals surface area contributed by atoms with E-state index in [1.165, 1.54) is 0 Å². The van der Waals surface area contributed by atoms with Crippen LogP contribution in [0.5, 0.6) is 0 Å². The van der Waals surface area contributed by atoms with Crippen LogP contribution in [0.4, 0.5) is 23.0 Å². The van der Waals surface area contributed by atoms with Crippen molar-refractivity contribution in [3.05, 3.63) is 70.5 Å². The SMILES string of the molecule is Cc1cnc2c(c1)CC(c1cc(Nc3cccnc3N3CCOCC3)ccc1Cl)=N2. The van der Waals surface area contributed by atoms with Crippen LogP contribution in [-0.4, -0.2) is 42.0 Å². The molecule has 0 amide bonds. The molecule has 2 aliphatic rings. The second-order valence-corrected chi connectivity index (χ2v) is 7.93. The third kappa shape index (κ3) is 3.76. The maximum absolute atomic E-state index is 6.54. The van der Waals surface area contributed by atoms with Gasteiger partial charge in [0.15, 0.2) is 11.6 Å². The number of aliphatic imine (C=N–C) groups is 1. The Hall–Kier alpha value is -2.96. The molecule has 0 saturated carbocycles. The van der Waals surface area contributed by atoms with Gasteiger partial charge in [0.05, 0.1) is 24.6 Å². The van der Waals surface area contributed by atoms with Gasteiger partial charge < -0.3 is 15.0 Å². The molecule has 152 valence electrons. The van der Waals surface area contributed by atoms with Gasteiger partial charge in [-0.3, -0.25) is 0 Å². The van der Waals surface area contributed by atoms with Gasteiger partial charge in [-0.1, -0.05) is 17.7 Å². The number of morpholine rings is 1. The number of pyridine rings is 2. The molecule has 0 unspecified atom stereocenters. The first-order valence-electron chi connectivity index (χ1n) is 10.0. The summed E-state index contributed by atoms with van der Waals surface area (Å²) in [6.07, 6.45) is 4.41. The number of nitrogens with zero attached hydrogens (tertiary/aromatic N) is 4. The monoisotopic (exact) mass is 419 g/mol. The standard InChI is InChI=1S/C23H22ClN5O/c1-15-11-16-12-21(28-22(16)26-14-15)18-13-17(4-5-19(18)24)27-20-3-2-6-25-23(20)29-7-9-30-10-8-29/h2-6,11,13-14,27H,7-10,12H2,1H3. The summed E-state index contributed by atoms with van der Waals surface area (Å²) in [6, 6.07) is 12.1. The summed E-state index contributed by atoms with van der Waals surface area (Å²) in [5.41, 5.74) is 6.05. The lowest BCUT2D eigenvalue weighted by Crippen LogP contribution is -2.37. The Bertz CT molecular complexity index is 1120. The second kappa shape index (κ2) is 8.05. The summed E-state index contributed by atoms with van der Waals surface area (Å²) >= 11 is 6.54. The lowest BCUT2D eigenvalue weighted by atomic mass is 10.0. The summed E-state index contributed by atoms with van der Waals surface area (Å²) in [6.45, 7) is 5.14. The van der Waals surface area contributed by atoms with Crippen LogP contribution in [0.1, 0.15) is 16.7 Å². The van der Waals surface area contributed by atoms with E-state index in [1.807, 2.05) is 43.6 Å². The van der Waals surface area contributed by atoms with Crippen molar-refractivity contribution in [1.29, 1.82) is 0 Å². The van der Waals surface area contributed by atoms with Crippen molar-refractivity contribution in [3.63, 3.8) is 0 Å². The van der Waals surface area contributed by atoms with Crippen LogP contribution in [0, 0.1) is 6.92 Å². The fraction of sp³-hybridized carbons (Fsp3) is 0.261. The fourth-order valence-corrected chi connectivity index (χ4v) is 4.08. The minimum Gasteiger partial charge on any atom is -0.378 e. The highest BCUT2D eigenvalue weighted by molar-refractivity contribution is 6.34. The molecule has 0 spiro atoms. The predicted octanol–water partition coefficient (Wildman–Crippen LogP) is 4.70.